The predicted octanol–water partition coefficient (Wildman–Crippen LogP) is 5.00. The number of ether oxygens (including phenoxy) is 2. The Morgan fingerprint density at radius 2 is 1.86 bits per heavy atom. The standard InChI is InChI=1S/C29H26N2O6/c1-35-18-9-7-17(8-10-18)21-16-36-28-25-20(14-24(33)37-23(25)15-22(32)26(28)27(21)34)19-6-5-11-30-29(19)31-12-3-2-4-13-31/h5-11,15-16,20,32H,2-4,12-14H2,1H3. The number of aromatic nitrogens is 1. The van der Waals surface area contributed by atoms with Crippen molar-refractivity contribution in [1.82, 2.24) is 4.98 Å². The summed E-state index contributed by atoms with van der Waals surface area (Å²) in [6.45, 7) is 1.79. The van der Waals surface area contributed by atoms with Gasteiger partial charge in [0.25, 0.3) is 0 Å². The molecule has 0 radical (unpaired) electrons. The van der Waals surface area contributed by atoms with Gasteiger partial charge in [0.1, 0.15) is 40.3 Å². The number of hydrogen-bond acceptors (Lipinski definition) is 8. The van der Waals surface area contributed by atoms with E-state index in [9.17, 15) is 14.7 Å². The Balaban J connectivity index is 1.54. The molecule has 1 unspecified atom stereocenters. The van der Waals surface area contributed by atoms with Crippen molar-refractivity contribution >= 4 is 22.8 Å². The van der Waals surface area contributed by atoms with E-state index in [4.69, 9.17) is 13.9 Å². The van der Waals surface area contributed by atoms with Crippen molar-refractivity contribution in [3.8, 4) is 28.4 Å². The molecule has 188 valence electrons. The van der Waals surface area contributed by atoms with E-state index < -0.39 is 11.9 Å². The maximum Gasteiger partial charge on any atom is 0.312 e. The minimum atomic E-state index is -0.444. The number of nitrogens with zero attached hydrogens (tertiary/aromatic N) is 2. The van der Waals surface area contributed by atoms with Crippen molar-refractivity contribution in [3.63, 3.8) is 0 Å². The number of phenolic OH excluding ortho intramolecular Hbond substituents is 1. The number of esters is 1. The molecule has 0 amide bonds. The second-order valence-corrected chi connectivity index (χ2v) is 9.41. The maximum absolute atomic E-state index is 13.6. The van der Waals surface area contributed by atoms with E-state index in [0.29, 0.717) is 22.4 Å². The number of methoxy groups -OCH3 is 1. The normalized spacial score (nSPS) is 17.4. The molecule has 4 aromatic rings. The highest BCUT2D eigenvalue weighted by molar-refractivity contribution is 5.94. The van der Waals surface area contributed by atoms with Gasteiger partial charge in [0.2, 0.25) is 5.43 Å². The van der Waals surface area contributed by atoms with Crippen LogP contribution in [0.2, 0.25) is 0 Å². The predicted molar refractivity (Wildman–Crippen MR) is 139 cm³/mol. The summed E-state index contributed by atoms with van der Waals surface area (Å²) in [6.07, 6.45) is 6.57. The molecule has 1 saturated heterocycles. The summed E-state index contributed by atoms with van der Waals surface area (Å²) in [6, 6.07) is 12.2. The first kappa shape index (κ1) is 23.1. The van der Waals surface area contributed by atoms with Crippen LogP contribution in [0.4, 0.5) is 5.82 Å². The zero-order valence-electron chi connectivity index (χ0n) is 20.4. The van der Waals surface area contributed by atoms with Crippen LogP contribution in [-0.2, 0) is 4.79 Å². The Morgan fingerprint density at radius 3 is 2.62 bits per heavy atom. The Hall–Kier alpha value is -4.33. The molecule has 4 heterocycles. The second-order valence-electron chi connectivity index (χ2n) is 9.41. The molecule has 0 bridgehead atoms. The molecule has 0 saturated carbocycles. The number of pyridine rings is 1. The minimum absolute atomic E-state index is 0.0541. The lowest BCUT2D eigenvalue weighted by Crippen LogP contribution is -2.32. The molecule has 2 aliphatic rings. The number of piperidine rings is 1. The number of aromatic hydroxyl groups is 1. The monoisotopic (exact) mass is 498 g/mol. The second kappa shape index (κ2) is 9.28. The lowest BCUT2D eigenvalue weighted by Gasteiger charge is -2.32. The van der Waals surface area contributed by atoms with Crippen LogP contribution in [0.3, 0.4) is 0 Å². The average molecular weight is 499 g/mol. The van der Waals surface area contributed by atoms with Crippen LogP contribution in [-0.4, -0.2) is 36.3 Å². The summed E-state index contributed by atoms with van der Waals surface area (Å²) in [4.78, 5) is 33.2. The van der Waals surface area contributed by atoms with E-state index in [1.165, 1.54) is 18.8 Å². The van der Waals surface area contributed by atoms with E-state index in [1.54, 1.807) is 37.6 Å². The SMILES string of the molecule is COc1ccc(-c2coc3c4c(cc(O)c3c2=O)OC(=O)CC4c2cccnc2N2CCCCC2)cc1. The van der Waals surface area contributed by atoms with Gasteiger partial charge in [-0.15, -0.1) is 0 Å². The molecule has 1 atom stereocenters. The zero-order valence-corrected chi connectivity index (χ0v) is 20.4. The molecule has 1 fully saturated rings. The largest absolute Gasteiger partial charge is 0.507 e. The quantitative estimate of drug-likeness (QED) is 0.310. The molecule has 8 nitrogen and oxygen atoms in total. The summed E-state index contributed by atoms with van der Waals surface area (Å²) in [5.74, 6) is 0.526. The number of benzene rings is 2. The number of rotatable bonds is 4. The van der Waals surface area contributed by atoms with Crippen molar-refractivity contribution < 1.29 is 23.8 Å². The molecule has 2 aliphatic heterocycles. The van der Waals surface area contributed by atoms with Gasteiger partial charge in [-0.3, -0.25) is 9.59 Å². The van der Waals surface area contributed by atoms with Gasteiger partial charge in [-0.25, -0.2) is 4.98 Å². The third kappa shape index (κ3) is 3.98. The fourth-order valence-electron chi connectivity index (χ4n) is 5.42. The first-order valence-corrected chi connectivity index (χ1v) is 12.4. The Labute approximate surface area is 213 Å². The first-order valence-electron chi connectivity index (χ1n) is 12.4. The maximum atomic E-state index is 13.6. The van der Waals surface area contributed by atoms with Crippen molar-refractivity contribution in [2.24, 2.45) is 0 Å². The van der Waals surface area contributed by atoms with Gasteiger partial charge in [0.15, 0.2) is 0 Å². The fraction of sp³-hybridized carbons (Fsp3) is 0.276. The number of carbonyl (C=O) groups excluding carboxylic acids is 1. The lowest BCUT2D eigenvalue weighted by molar-refractivity contribution is -0.135. The van der Waals surface area contributed by atoms with Gasteiger partial charge in [-0.2, -0.15) is 0 Å². The van der Waals surface area contributed by atoms with Gasteiger partial charge in [0.05, 0.1) is 19.1 Å². The minimum Gasteiger partial charge on any atom is -0.507 e. The highest BCUT2D eigenvalue weighted by atomic mass is 16.5. The number of carbonyl (C=O) groups is 1. The molecular weight excluding hydrogens is 472 g/mol. The van der Waals surface area contributed by atoms with Crippen LogP contribution < -0.4 is 19.8 Å². The number of anilines is 1. The molecule has 37 heavy (non-hydrogen) atoms. The molecule has 1 N–H and O–H groups in total. The van der Waals surface area contributed by atoms with Crippen LogP contribution in [0.25, 0.3) is 22.1 Å². The van der Waals surface area contributed by atoms with Crippen LogP contribution >= 0.6 is 0 Å². The fourth-order valence-corrected chi connectivity index (χ4v) is 5.42. The van der Waals surface area contributed by atoms with E-state index >= 15 is 0 Å². The van der Waals surface area contributed by atoms with Crippen LogP contribution in [0.15, 0.2) is 64.1 Å². The van der Waals surface area contributed by atoms with E-state index in [-0.39, 0.29) is 34.3 Å². The van der Waals surface area contributed by atoms with Gasteiger partial charge in [0, 0.05) is 42.4 Å². The van der Waals surface area contributed by atoms with Gasteiger partial charge < -0.3 is 23.9 Å². The first-order chi connectivity index (χ1) is 18.0. The lowest BCUT2D eigenvalue weighted by atomic mass is 9.84. The highest BCUT2D eigenvalue weighted by Crippen LogP contribution is 2.47. The van der Waals surface area contributed by atoms with Gasteiger partial charge in [-0.1, -0.05) is 18.2 Å². The Kier molecular flexibility index (Phi) is 5.79. The van der Waals surface area contributed by atoms with Crippen LogP contribution in [0.1, 0.15) is 42.7 Å². The Morgan fingerprint density at radius 1 is 1.08 bits per heavy atom. The number of hydrogen-bond donors (Lipinski definition) is 1. The van der Waals surface area contributed by atoms with Crippen LogP contribution in [0, 0.1) is 0 Å². The number of fused-ring (bicyclic) bond motifs is 3. The van der Waals surface area contributed by atoms with Crippen molar-refractivity contribution in [1.29, 1.82) is 0 Å². The van der Waals surface area contributed by atoms with Crippen molar-refractivity contribution in [2.75, 3.05) is 25.1 Å². The number of phenols is 1. The molecule has 0 spiro atoms. The topological polar surface area (TPSA) is 102 Å². The summed E-state index contributed by atoms with van der Waals surface area (Å²) in [7, 11) is 1.57. The molecule has 2 aromatic carbocycles. The van der Waals surface area contributed by atoms with E-state index in [2.05, 4.69) is 9.88 Å². The third-order valence-electron chi connectivity index (χ3n) is 7.22. The smallest absolute Gasteiger partial charge is 0.312 e. The van der Waals surface area contributed by atoms with Crippen LogP contribution in [0.5, 0.6) is 17.2 Å². The van der Waals surface area contributed by atoms with Crippen molar-refractivity contribution in [2.45, 2.75) is 31.6 Å². The molecule has 0 aliphatic carbocycles. The summed E-state index contributed by atoms with van der Waals surface area (Å²) >= 11 is 0. The van der Waals surface area contributed by atoms with Gasteiger partial charge >= 0.3 is 5.97 Å². The van der Waals surface area contributed by atoms with E-state index in [0.717, 1.165) is 37.3 Å². The highest BCUT2D eigenvalue weighted by Gasteiger charge is 2.36. The summed E-state index contributed by atoms with van der Waals surface area (Å²) < 4.78 is 16.8. The third-order valence-corrected chi connectivity index (χ3v) is 7.22. The molecule has 2 aromatic heterocycles. The molecule has 8 heteroatoms. The Bertz CT molecular complexity index is 1550. The van der Waals surface area contributed by atoms with Gasteiger partial charge in [-0.05, 0) is 43.0 Å². The molecule has 6 rings (SSSR count). The summed E-state index contributed by atoms with van der Waals surface area (Å²) in [5, 5.41) is 10.9. The summed E-state index contributed by atoms with van der Waals surface area (Å²) in [5.41, 5.74) is 2.22. The zero-order chi connectivity index (χ0) is 25.5. The van der Waals surface area contributed by atoms with Crippen molar-refractivity contribution in [3.05, 3.63) is 76.3 Å². The van der Waals surface area contributed by atoms with E-state index in [1.807, 2.05) is 12.1 Å². The molecular formula is C29H26N2O6. The average Bonchev–Trinajstić information content (AvgIpc) is 2.93.